The molecule has 1 aliphatic carbocycles. The van der Waals surface area contributed by atoms with Gasteiger partial charge in [0.2, 0.25) is 6.79 Å². The molecule has 16 nitrogen and oxygen atoms in total. The van der Waals surface area contributed by atoms with Gasteiger partial charge in [0.1, 0.15) is 17.6 Å². The number of hydrogen-bond acceptors (Lipinski definition) is 12. The smallest absolute Gasteiger partial charge is 0.428 e. The van der Waals surface area contributed by atoms with E-state index in [0.717, 1.165) is 30.4 Å². The van der Waals surface area contributed by atoms with Crippen LogP contribution in [0.25, 0.3) is 5.52 Å². The van der Waals surface area contributed by atoms with Crippen LogP contribution in [0.4, 0.5) is 16.3 Å². The highest BCUT2D eigenvalue weighted by molar-refractivity contribution is 7.48. The molecule has 1 fully saturated rings. The number of amides is 3. The molecule has 2 aromatic heterocycles. The van der Waals surface area contributed by atoms with Crippen LogP contribution in [0.3, 0.4) is 0 Å². The Morgan fingerprint density at radius 3 is 2.13 bits per heavy atom. The number of hydrogen-bond donors (Lipinski definition) is 2. The van der Waals surface area contributed by atoms with E-state index in [1.807, 2.05) is 67.6 Å². The van der Waals surface area contributed by atoms with Gasteiger partial charge in [-0.2, -0.15) is 5.10 Å². The Morgan fingerprint density at radius 1 is 0.825 bits per heavy atom. The van der Waals surface area contributed by atoms with Crippen molar-refractivity contribution in [3.63, 3.8) is 0 Å². The Kier molecular flexibility index (Phi) is 14.3. The lowest BCUT2D eigenvalue weighted by atomic mass is 10.1. The lowest BCUT2D eigenvalue weighted by molar-refractivity contribution is -0.150. The average molecular weight is 875 g/mol. The molecule has 0 spiro atoms. The molecule has 4 aromatic carbocycles. The third kappa shape index (κ3) is 11.5. The molecule has 3 amide bonds. The van der Waals surface area contributed by atoms with Crippen molar-refractivity contribution in [3.05, 3.63) is 155 Å². The molecule has 7 rings (SSSR count). The van der Waals surface area contributed by atoms with Crippen LogP contribution in [-0.4, -0.2) is 57.9 Å². The zero-order valence-electron chi connectivity index (χ0n) is 35.0. The summed E-state index contributed by atoms with van der Waals surface area (Å²) in [4.78, 5) is 59.0. The van der Waals surface area contributed by atoms with Gasteiger partial charge in [-0.25, -0.2) is 23.8 Å². The maximum atomic E-state index is 14.2. The molecule has 0 radical (unpaired) electrons. The lowest BCUT2D eigenvalue weighted by Gasteiger charge is -2.24. The number of phosphoric acid groups is 1. The maximum absolute atomic E-state index is 14.2. The van der Waals surface area contributed by atoms with Crippen molar-refractivity contribution in [2.24, 2.45) is 0 Å². The van der Waals surface area contributed by atoms with E-state index in [1.165, 1.54) is 27.9 Å². The van der Waals surface area contributed by atoms with E-state index in [1.54, 1.807) is 50.4 Å². The van der Waals surface area contributed by atoms with E-state index >= 15 is 0 Å². The molecule has 1 saturated carbocycles. The molecule has 1 aliphatic rings. The average Bonchev–Trinajstić information content (AvgIpc) is 4.05. The highest BCUT2D eigenvalue weighted by Gasteiger charge is 2.31. The summed E-state index contributed by atoms with van der Waals surface area (Å²) >= 11 is 0. The predicted octanol–water partition coefficient (Wildman–Crippen LogP) is 8.32. The normalized spacial score (nSPS) is 12.4. The van der Waals surface area contributed by atoms with Gasteiger partial charge in [0.15, 0.2) is 5.82 Å². The highest BCUT2D eigenvalue weighted by atomic mass is 31.2. The highest BCUT2D eigenvalue weighted by Crippen LogP contribution is 2.51. The molecule has 2 N–H and O–H groups in total. The Morgan fingerprint density at radius 2 is 1.49 bits per heavy atom. The number of rotatable bonds is 19. The molecule has 0 bridgehead atoms. The second-order valence-corrected chi connectivity index (χ2v) is 16.4. The van der Waals surface area contributed by atoms with E-state index in [0.29, 0.717) is 39.9 Å². The predicted molar refractivity (Wildman–Crippen MR) is 232 cm³/mol. The van der Waals surface area contributed by atoms with Crippen molar-refractivity contribution < 1.29 is 46.8 Å². The third-order valence-corrected chi connectivity index (χ3v) is 11.3. The first-order valence-electron chi connectivity index (χ1n) is 20.4. The molecule has 0 unspecified atom stereocenters. The van der Waals surface area contributed by atoms with Crippen molar-refractivity contribution in [3.8, 4) is 5.75 Å². The van der Waals surface area contributed by atoms with Crippen LogP contribution >= 0.6 is 7.82 Å². The number of ether oxygens (including phenoxy) is 2. The molecule has 326 valence electrons. The molecular formula is C46H47N6O10P. The largest absolute Gasteiger partial charge is 0.530 e. The Bertz CT molecular complexity index is 2570. The van der Waals surface area contributed by atoms with Crippen LogP contribution in [-0.2, 0) is 47.5 Å². The number of aromatic nitrogens is 3. The van der Waals surface area contributed by atoms with Crippen molar-refractivity contribution in [2.75, 3.05) is 18.2 Å². The summed E-state index contributed by atoms with van der Waals surface area (Å²) in [6.45, 7) is 5.09. The number of fused-ring (bicyclic) bond motifs is 1. The fourth-order valence-electron chi connectivity index (χ4n) is 6.43. The minimum absolute atomic E-state index is 0.0169. The standard InChI is InChI=1S/C46H47N6O10P/c1-4-23-47-45(55)39-26-51-42(32(39)3)43(48-29-49-51)52(40-25-36(18-15-31(40)2)44(54)50-37-19-20-37)46(56)59-30-58-41(53)24-33-16-21-38(22-17-33)62-63(57,60-27-34-11-7-5-8-12-34)61-28-35-13-9-6-10-14-35/h5-18,21-22,25-26,29,37H,4,19-20,23-24,27-28,30H2,1-3H3,(H,47,55)(H,50,54). The van der Waals surface area contributed by atoms with Gasteiger partial charge in [0.25, 0.3) is 11.8 Å². The first-order valence-corrected chi connectivity index (χ1v) is 21.9. The van der Waals surface area contributed by atoms with Crippen LogP contribution in [0.1, 0.15) is 74.7 Å². The van der Waals surface area contributed by atoms with Crippen LogP contribution in [0.2, 0.25) is 0 Å². The second kappa shape index (κ2) is 20.3. The number of nitrogens with zero attached hydrogens (tertiary/aromatic N) is 4. The zero-order chi connectivity index (χ0) is 44.3. The summed E-state index contributed by atoms with van der Waals surface area (Å²) in [5, 5.41) is 10.1. The van der Waals surface area contributed by atoms with Gasteiger partial charge in [0.05, 0.1) is 30.9 Å². The van der Waals surface area contributed by atoms with Crippen LogP contribution in [0.15, 0.2) is 116 Å². The Balaban J connectivity index is 1.04. The molecule has 2 heterocycles. The lowest BCUT2D eigenvalue weighted by Crippen LogP contribution is -2.31. The van der Waals surface area contributed by atoms with Crippen molar-refractivity contribution in [2.45, 2.75) is 65.7 Å². The van der Waals surface area contributed by atoms with Gasteiger partial charge in [-0.1, -0.05) is 85.8 Å². The summed E-state index contributed by atoms with van der Waals surface area (Å²) in [5.74, 6) is -1.08. The zero-order valence-corrected chi connectivity index (χ0v) is 35.9. The summed E-state index contributed by atoms with van der Waals surface area (Å²) < 4.78 is 43.4. The van der Waals surface area contributed by atoms with Gasteiger partial charge >= 0.3 is 19.9 Å². The quantitative estimate of drug-likeness (QED) is 0.0451. The third-order valence-electron chi connectivity index (χ3n) is 9.96. The first kappa shape index (κ1) is 44.2. The summed E-state index contributed by atoms with van der Waals surface area (Å²) in [6.07, 6.45) is 4.13. The van der Waals surface area contributed by atoms with E-state index < -0.39 is 26.7 Å². The van der Waals surface area contributed by atoms with Gasteiger partial charge < -0.3 is 24.6 Å². The fraction of sp³-hybridized carbons (Fsp3) is 0.261. The van der Waals surface area contributed by atoms with E-state index in [4.69, 9.17) is 23.0 Å². The Labute approximate surface area is 364 Å². The number of esters is 1. The molecule has 0 saturated heterocycles. The molecule has 0 atom stereocenters. The number of carbonyl (C=O) groups is 4. The van der Waals surface area contributed by atoms with Crippen LogP contribution < -0.4 is 20.1 Å². The number of carbonyl (C=O) groups excluding carboxylic acids is 4. The fourth-order valence-corrected chi connectivity index (χ4v) is 7.60. The second-order valence-electron chi connectivity index (χ2n) is 14.8. The van der Waals surface area contributed by atoms with Gasteiger partial charge in [-0.05, 0) is 85.2 Å². The maximum Gasteiger partial charge on any atom is 0.530 e. The molecule has 63 heavy (non-hydrogen) atoms. The SMILES string of the molecule is CCCNC(=O)c1cn2ncnc(N(C(=O)OCOC(=O)Cc3ccc(OP(=O)(OCc4ccccc4)OCc4ccccc4)cc3)c3cc(C(=O)NC4CC4)ccc3C)c2c1C. The van der Waals surface area contributed by atoms with Crippen LogP contribution in [0.5, 0.6) is 5.75 Å². The van der Waals surface area contributed by atoms with Crippen molar-refractivity contribution in [1.82, 2.24) is 25.2 Å². The molecule has 6 aromatic rings. The summed E-state index contributed by atoms with van der Waals surface area (Å²) in [5.41, 5.74) is 4.44. The monoisotopic (exact) mass is 874 g/mol. The Hall–Kier alpha value is -6.87. The van der Waals surface area contributed by atoms with Gasteiger partial charge in [0, 0.05) is 24.3 Å². The van der Waals surface area contributed by atoms with E-state index in [9.17, 15) is 23.7 Å². The van der Waals surface area contributed by atoms with Gasteiger partial charge in [-0.3, -0.25) is 23.4 Å². The molecule has 0 aliphatic heterocycles. The van der Waals surface area contributed by atoms with Crippen molar-refractivity contribution >= 4 is 48.7 Å². The summed E-state index contributed by atoms with van der Waals surface area (Å²) in [6, 6.07) is 29.7. The molecule has 17 heteroatoms. The minimum atomic E-state index is -4.12. The van der Waals surface area contributed by atoms with Crippen LogP contribution in [0, 0.1) is 13.8 Å². The molecular weight excluding hydrogens is 828 g/mol. The topological polar surface area (TPSA) is 189 Å². The first-order chi connectivity index (χ1) is 30.5. The van der Waals surface area contributed by atoms with E-state index in [2.05, 4.69) is 20.7 Å². The number of phosphoric ester groups is 1. The number of aryl methyl sites for hydroxylation is 2. The number of nitrogens with one attached hydrogen (secondary N) is 2. The number of benzene rings is 4. The van der Waals surface area contributed by atoms with Crippen molar-refractivity contribution in [1.29, 1.82) is 0 Å². The minimum Gasteiger partial charge on any atom is -0.428 e. The van der Waals surface area contributed by atoms with Gasteiger partial charge in [-0.15, -0.1) is 0 Å². The summed E-state index contributed by atoms with van der Waals surface area (Å²) in [7, 11) is -4.12. The van der Waals surface area contributed by atoms with E-state index in [-0.39, 0.29) is 54.7 Å². The number of anilines is 2.